The summed E-state index contributed by atoms with van der Waals surface area (Å²) in [6.45, 7) is 5.86. The van der Waals surface area contributed by atoms with Crippen molar-refractivity contribution >= 4 is 5.91 Å². The van der Waals surface area contributed by atoms with Gasteiger partial charge in [0.2, 0.25) is 0 Å². The van der Waals surface area contributed by atoms with E-state index in [0.29, 0.717) is 6.04 Å². The number of amides is 1. The molecule has 1 aromatic carbocycles. The first-order valence-corrected chi connectivity index (χ1v) is 8.53. The zero-order valence-electron chi connectivity index (χ0n) is 13.3. The minimum absolute atomic E-state index is 0.177. The zero-order valence-corrected chi connectivity index (χ0v) is 13.3. The second kappa shape index (κ2) is 5.58. The van der Waals surface area contributed by atoms with Crippen LogP contribution in [0.1, 0.15) is 42.1 Å². The van der Waals surface area contributed by atoms with Crippen LogP contribution in [-0.4, -0.2) is 54.0 Å². The van der Waals surface area contributed by atoms with Crippen molar-refractivity contribution in [1.82, 2.24) is 9.80 Å². The van der Waals surface area contributed by atoms with Crippen molar-refractivity contribution in [2.24, 2.45) is 0 Å². The average Bonchev–Trinajstić information content (AvgIpc) is 3.38. The van der Waals surface area contributed by atoms with E-state index in [0.717, 1.165) is 56.4 Å². The predicted octanol–water partition coefficient (Wildman–Crippen LogP) is 2.32. The SMILES string of the molecule is CC1CN(C2CC2)CCN1C(=O)c1ccc2c(c1)CCCO2. The third kappa shape index (κ3) is 2.60. The number of hydrogen-bond donors (Lipinski definition) is 0. The van der Waals surface area contributed by atoms with Crippen LogP contribution in [0.5, 0.6) is 5.75 Å². The fourth-order valence-corrected chi connectivity index (χ4v) is 3.72. The van der Waals surface area contributed by atoms with Gasteiger partial charge in [0.1, 0.15) is 5.75 Å². The number of nitrogens with zero attached hydrogens (tertiary/aromatic N) is 2. The molecule has 118 valence electrons. The van der Waals surface area contributed by atoms with E-state index in [-0.39, 0.29) is 5.91 Å². The van der Waals surface area contributed by atoms with Gasteiger partial charge >= 0.3 is 0 Å². The molecule has 0 radical (unpaired) electrons. The highest BCUT2D eigenvalue weighted by atomic mass is 16.5. The van der Waals surface area contributed by atoms with Crippen LogP contribution in [0.3, 0.4) is 0 Å². The van der Waals surface area contributed by atoms with Crippen molar-refractivity contribution in [1.29, 1.82) is 0 Å². The van der Waals surface area contributed by atoms with E-state index >= 15 is 0 Å². The lowest BCUT2D eigenvalue weighted by atomic mass is 10.0. The molecule has 0 N–H and O–H groups in total. The van der Waals surface area contributed by atoms with Crippen LogP contribution in [0.25, 0.3) is 0 Å². The van der Waals surface area contributed by atoms with Crippen molar-refractivity contribution in [3.8, 4) is 5.75 Å². The molecule has 1 aromatic rings. The van der Waals surface area contributed by atoms with E-state index in [2.05, 4.69) is 11.8 Å². The summed E-state index contributed by atoms with van der Waals surface area (Å²) < 4.78 is 5.64. The molecular formula is C18H24N2O2. The first-order valence-electron chi connectivity index (χ1n) is 8.53. The molecule has 0 bridgehead atoms. The normalized spacial score (nSPS) is 25.5. The van der Waals surface area contributed by atoms with E-state index in [1.165, 1.54) is 18.4 Å². The fourth-order valence-electron chi connectivity index (χ4n) is 3.72. The first kappa shape index (κ1) is 14.1. The monoisotopic (exact) mass is 300 g/mol. The van der Waals surface area contributed by atoms with Crippen LogP contribution in [-0.2, 0) is 6.42 Å². The summed E-state index contributed by atoms with van der Waals surface area (Å²) in [4.78, 5) is 17.5. The molecule has 1 saturated carbocycles. The summed E-state index contributed by atoms with van der Waals surface area (Å²) in [5.74, 6) is 1.13. The molecule has 3 aliphatic rings. The molecule has 0 aromatic heterocycles. The Labute approximate surface area is 132 Å². The van der Waals surface area contributed by atoms with Gasteiger partial charge in [-0.2, -0.15) is 0 Å². The summed E-state index contributed by atoms with van der Waals surface area (Å²) in [5, 5.41) is 0. The Morgan fingerprint density at radius 3 is 2.91 bits per heavy atom. The Morgan fingerprint density at radius 1 is 1.27 bits per heavy atom. The molecular weight excluding hydrogens is 276 g/mol. The molecule has 1 saturated heterocycles. The van der Waals surface area contributed by atoms with Crippen LogP contribution < -0.4 is 4.74 Å². The topological polar surface area (TPSA) is 32.8 Å². The molecule has 4 heteroatoms. The fraction of sp³-hybridized carbons (Fsp3) is 0.611. The van der Waals surface area contributed by atoms with Gasteiger partial charge in [0.05, 0.1) is 6.61 Å². The number of carbonyl (C=O) groups is 1. The first-order chi connectivity index (χ1) is 10.7. The second-order valence-corrected chi connectivity index (χ2v) is 6.85. The van der Waals surface area contributed by atoms with Gasteiger partial charge in [-0.1, -0.05) is 0 Å². The van der Waals surface area contributed by atoms with Crippen molar-refractivity contribution in [2.75, 3.05) is 26.2 Å². The third-order valence-corrected chi connectivity index (χ3v) is 5.14. The highest BCUT2D eigenvalue weighted by Crippen LogP contribution is 2.30. The minimum atomic E-state index is 0.177. The van der Waals surface area contributed by atoms with Gasteiger partial charge < -0.3 is 9.64 Å². The summed E-state index contributed by atoms with van der Waals surface area (Å²) in [6, 6.07) is 7.02. The zero-order chi connectivity index (χ0) is 15.1. The number of fused-ring (bicyclic) bond motifs is 1. The standard InChI is InChI=1S/C18H24N2O2/c1-13-12-19(16-5-6-16)8-9-20(13)18(21)15-4-7-17-14(11-15)3-2-10-22-17/h4,7,11,13,16H,2-3,5-6,8-10,12H2,1H3. The number of piperazine rings is 1. The quantitative estimate of drug-likeness (QED) is 0.840. The number of benzene rings is 1. The van der Waals surface area contributed by atoms with E-state index in [1.807, 2.05) is 23.1 Å². The molecule has 4 nitrogen and oxygen atoms in total. The largest absolute Gasteiger partial charge is 0.493 e. The Bertz CT molecular complexity index is 582. The lowest BCUT2D eigenvalue weighted by molar-refractivity contribution is 0.0474. The number of hydrogen-bond acceptors (Lipinski definition) is 3. The molecule has 2 fully saturated rings. The molecule has 1 amide bonds. The summed E-state index contributed by atoms with van der Waals surface area (Å²) in [6.07, 6.45) is 4.74. The Morgan fingerprint density at radius 2 is 2.14 bits per heavy atom. The van der Waals surface area contributed by atoms with Gasteiger partial charge in [-0.3, -0.25) is 9.69 Å². The molecule has 2 aliphatic heterocycles. The van der Waals surface area contributed by atoms with Crippen molar-refractivity contribution in [2.45, 2.75) is 44.7 Å². The van der Waals surface area contributed by atoms with Crippen LogP contribution >= 0.6 is 0 Å². The number of aryl methyl sites for hydroxylation is 1. The molecule has 1 atom stereocenters. The molecule has 1 aliphatic carbocycles. The lowest BCUT2D eigenvalue weighted by Gasteiger charge is -2.40. The number of carbonyl (C=O) groups excluding carboxylic acids is 1. The molecule has 1 unspecified atom stereocenters. The van der Waals surface area contributed by atoms with Crippen LogP contribution in [0.4, 0.5) is 0 Å². The van der Waals surface area contributed by atoms with Gasteiger partial charge in [-0.15, -0.1) is 0 Å². The average molecular weight is 300 g/mol. The van der Waals surface area contributed by atoms with E-state index in [1.54, 1.807) is 0 Å². The lowest BCUT2D eigenvalue weighted by Crippen LogP contribution is -2.54. The van der Waals surface area contributed by atoms with Gasteiger partial charge in [-0.05, 0) is 56.4 Å². The van der Waals surface area contributed by atoms with Gasteiger partial charge in [-0.25, -0.2) is 0 Å². The maximum atomic E-state index is 12.9. The molecule has 4 rings (SSSR count). The van der Waals surface area contributed by atoms with Crippen molar-refractivity contribution in [3.63, 3.8) is 0 Å². The van der Waals surface area contributed by atoms with E-state index < -0.39 is 0 Å². The third-order valence-electron chi connectivity index (χ3n) is 5.14. The number of rotatable bonds is 2. The van der Waals surface area contributed by atoms with E-state index in [4.69, 9.17) is 4.74 Å². The van der Waals surface area contributed by atoms with Crippen LogP contribution in [0, 0.1) is 0 Å². The highest BCUT2D eigenvalue weighted by molar-refractivity contribution is 5.95. The maximum absolute atomic E-state index is 12.9. The van der Waals surface area contributed by atoms with E-state index in [9.17, 15) is 4.79 Å². The van der Waals surface area contributed by atoms with Gasteiger partial charge in [0, 0.05) is 37.3 Å². The maximum Gasteiger partial charge on any atom is 0.254 e. The van der Waals surface area contributed by atoms with Crippen LogP contribution in [0.15, 0.2) is 18.2 Å². The Balaban J connectivity index is 1.49. The van der Waals surface area contributed by atoms with Gasteiger partial charge in [0.15, 0.2) is 0 Å². The second-order valence-electron chi connectivity index (χ2n) is 6.85. The summed E-state index contributed by atoms with van der Waals surface area (Å²) >= 11 is 0. The molecule has 22 heavy (non-hydrogen) atoms. The molecule has 0 spiro atoms. The smallest absolute Gasteiger partial charge is 0.254 e. The molecule has 2 heterocycles. The Hall–Kier alpha value is -1.55. The highest BCUT2D eigenvalue weighted by Gasteiger charge is 2.35. The predicted molar refractivity (Wildman–Crippen MR) is 85.4 cm³/mol. The summed E-state index contributed by atoms with van der Waals surface area (Å²) in [5.41, 5.74) is 2.00. The van der Waals surface area contributed by atoms with Crippen molar-refractivity contribution in [3.05, 3.63) is 29.3 Å². The van der Waals surface area contributed by atoms with Gasteiger partial charge in [0.25, 0.3) is 5.91 Å². The minimum Gasteiger partial charge on any atom is -0.493 e. The summed E-state index contributed by atoms with van der Waals surface area (Å²) in [7, 11) is 0. The number of ether oxygens (including phenoxy) is 1. The van der Waals surface area contributed by atoms with Crippen molar-refractivity contribution < 1.29 is 9.53 Å². The van der Waals surface area contributed by atoms with Crippen LogP contribution in [0.2, 0.25) is 0 Å². The Kier molecular flexibility index (Phi) is 3.57.